The molecule has 4 heteroatoms. The average molecular weight is 341 g/mol. The zero-order chi connectivity index (χ0) is 18.6. The summed E-state index contributed by atoms with van der Waals surface area (Å²) in [6.07, 6.45) is 10.9. The van der Waals surface area contributed by atoms with Crippen molar-refractivity contribution in [1.82, 2.24) is 0 Å². The SMILES string of the molecule is CCCC(C)(C)CC/C(CCCCCCC(C)(C)/C(C)=N/O)=N/O. The van der Waals surface area contributed by atoms with E-state index in [9.17, 15) is 5.21 Å². The van der Waals surface area contributed by atoms with Crippen LogP contribution in [0.15, 0.2) is 10.3 Å². The van der Waals surface area contributed by atoms with Gasteiger partial charge in [0.2, 0.25) is 0 Å². The van der Waals surface area contributed by atoms with Crippen molar-refractivity contribution in [1.29, 1.82) is 0 Å². The van der Waals surface area contributed by atoms with Crippen molar-refractivity contribution in [3.63, 3.8) is 0 Å². The first-order chi connectivity index (χ1) is 11.2. The molecule has 0 rings (SSSR count). The van der Waals surface area contributed by atoms with Gasteiger partial charge >= 0.3 is 0 Å². The van der Waals surface area contributed by atoms with Crippen molar-refractivity contribution in [2.24, 2.45) is 21.1 Å². The summed E-state index contributed by atoms with van der Waals surface area (Å²) >= 11 is 0. The summed E-state index contributed by atoms with van der Waals surface area (Å²) in [6.45, 7) is 12.9. The molecule has 2 N–H and O–H groups in total. The van der Waals surface area contributed by atoms with Crippen molar-refractivity contribution in [2.75, 3.05) is 0 Å². The van der Waals surface area contributed by atoms with Gasteiger partial charge in [0.25, 0.3) is 0 Å². The lowest BCUT2D eigenvalue weighted by atomic mass is 9.82. The molecule has 0 heterocycles. The van der Waals surface area contributed by atoms with Gasteiger partial charge < -0.3 is 10.4 Å². The summed E-state index contributed by atoms with van der Waals surface area (Å²) in [5.74, 6) is 0. The van der Waals surface area contributed by atoms with E-state index < -0.39 is 0 Å². The van der Waals surface area contributed by atoms with E-state index >= 15 is 0 Å². The Bertz CT molecular complexity index is 398. The number of rotatable bonds is 13. The lowest BCUT2D eigenvalue weighted by Gasteiger charge is -2.24. The maximum absolute atomic E-state index is 9.20. The highest BCUT2D eigenvalue weighted by molar-refractivity contribution is 5.86. The average Bonchev–Trinajstić information content (AvgIpc) is 2.52. The Balaban J connectivity index is 3.94. The van der Waals surface area contributed by atoms with E-state index in [-0.39, 0.29) is 5.41 Å². The number of hydrogen-bond donors (Lipinski definition) is 2. The second-order valence-corrected chi connectivity index (χ2v) is 8.56. The van der Waals surface area contributed by atoms with E-state index in [1.54, 1.807) is 0 Å². The van der Waals surface area contributed by atoms with Crippen LogP contribution in [0.1, 0.15) is 106 Å². The van der Waals surface area contributed by atoms with Crippen molar-refractivity contribution in [3.05, 3.63) is 0 Å². The van der Waals surface area contributed by atoms with E-state index in [0.29, 0.717) is 5.41 Å². The molecule has 24 heavy (non-hydrogen) atoms. The Labute approximate surface area is 149 Å². The van der Waals surface area contributed by atoms with Gasteiger partial charge in [-0.05, 0) is 50.9 Å². The third-order valence-electron chi connectivity index (χ3n) is 5.31. The number of unbranched alkanes of at least 4 members (excludes halogenated alkanes) is 3. The molecule has 0 atom stereocenters. The third-order valence-corrected chi connectivity index (χ3v) is 5.31. The Morgan fingerprint density at radius 3 is 1.96 bits per heavy atom. The van der Waals surface area contributed by atoms with Gasteiger partial charge in [-0.3, -0.25) is 0 Å². The molecule has 0 saturated heterocycles. The quantitative estimate of drug-likeness (QED) is 0.171. The molecule has 0 aliphatic carbocycles. The molecule has 0 aromatic rings. The fourth-order valence-corrected chi connectivity index (χ4v) is 3.08. The lowest BCUT2D eigenvalue weighted by Crippen LogP contribution is -2.21. The highest BCUT2D eigenvalue weighted by atomic mass is 16.4. The molecule has 4 nitrogen and oxygen atoms in total. The van der Waals surface area contributed by atoms with Crippen LogP contribution in [-0.2, 0) is 0 Å². The van der Waals surface area contributed by atoms with Gasteiger partial charge in [-0.1, -0.05) is 70.6 Å². The Kier molecular flexibility index (Phi) is 11.0. The molecule has 0 amide bonds. The first-order valence-corrected chi connectivity index (χ1v) is 9.57. The van der Waals surface area contributed by atoms with Crippen LogP contribution >= 0.6 is 0 Å². The van der Waals surface area contributed by atoms with Crippen molar-refractivity contribution < 1.29 is 10.4 Å². The second-order valence-electron chi connectivity index (χ2n) is 8.56. The molecule has 142 valence electrons. The van der Waals surface area contributed by atoms with Crippen LogP contribution in [0.4, 0.5) is 0 Å². The predicted octanol–water partition coefficient (Wildman–Crippen LogP) is 6.64. The van der Waals surface area contributed by atoms with Gasteiger partial charge in [0.15, 0.2) is 0 Å². The van der Waals surface area contributed by atoms with Crippen LogP contribution in [0.2, 0.25) is 0 Å². The smallest absolute Gasteiger partial charge is 0.0596 e. The maximum atomic E-state index is 9.20. The predicted molar refractivity (Wildman–Crippen MR) is 104 cm³/mol. The molecule has 0 aliphatic rings. The van der Waals surface area contributed by atoms with Gasteiger partial charge in [0.05, 0.1) is 11.4 Å². The van der Waals surface area contributed by atoms with E-state index in [2.05, 4.69) is 44.9 Å². The molecule has 0 fully saturated rings. The van der Waals surface area contributed by atoms with Crippen molar-refractivity contribution in [3.8, 4) is 0 Å². The van der Waals surface area contributed by atoms with Crippen LogP contribution in [0.3, 0.4) is 0 Å². The minimum atomic E-state index is -0.0304. The Morgan fingerprint density at radius 1 is 0.792 bits per heavy atom. The van der Waals surface area contributed by atoms with Gasteiger partial charge in [-0.15, -0.1) is 0 Å². The standard InChI is InChI=1S/C20H40N2O2/c1-7-14-19(3,4)16-13-18(22-24)12-10-8-9-11-15-20(5,6)17(2)21-23/h23-24H,7-16H2,1-6H3/b21-17+,22-18+. The van der Waals surface area contributed by atoms with E-state index in [4.69, 9.17) is 5.21 Å². The Hall–Kier alpha value is -1.06. The highest BCUT2D eigenvalue weighted by Gasteiger charge is 2.21. The summed E-state index contributed by atoms with van der Waals surface area (Å²) in [4.78, 5) is 0. The molecule has 0 aliphatic heterocycles. The first-order valence-electron chi connectivity index (χ1n) is 9.57. The van der Waals surface area contributed by atoms with E-state index in [0.717, 1.165) is 56.4 Å². The Morgan fingerprint density at radius 2 is 1.42 bits per heavy atom. The second kappa shape index (κ2) is 11.5. The summed E-state index contributed by atoms with van der Waals surface area (Å²) in [7, 11) is 0. The summed E-state index contributed by atoms with van der Waals surface area (Å²) in [5.41, 5.74) is 2.05. The zero-order valence-corrected chi connectivity index (χ0v) is 16.9. The summed E-state index contributed by atoms with van der Waals surface area (Å²) < 4.78 is 0. The molecule has 0 radical (unpaired) electrons. The molecule has 0 spiro atoms. The van der Waals surface area contributed by atoms with Crippen LogP contribution < -0.4 is 0 Å². The van der Waals surface area contributed by atoms with E-state index in [1.165, 1.54) is 19.3 Å². The molecule has 0 unspecified atom stereocenters. The third kappa shape index (κ3) is 9.94. The van der Waals surface area contributed by atoms with Crippen LogP contribution in [0.5, 0.6) is 0 Å². The van der Waals surface area contributed by atoms with Crippen LogP contribution in [0.25, 0.3) is 0 Å². The number of nitrogens with zero attached hydrogens (tertiary/aromatic N) is 2. The largest absolute Gasteiger partial charge is 0.411 e. The summed E-state index contributed by atoms with van der Waals surface area (Å²) in [6, 6.07) is 0. The molecule has 0 aromatic heterocycles. The molecular weight excluding hydrogens is 300 g/mol. The number of hydrogen-bond acceptors (Lipinski definition) is 4. The van der Waals surface area contributed by atoms with Gasteiger partial charge in [0.1, 0.15) is 0 Å². The molecule has 0 bridgehead atoms. The topological polar surface area (TPSA) is 65.2 Å². The maximum Gasteiger partial charge on any atom is 0.0596 e. The minimum Gasteiger partial charge on any atom is -0.411 e. The first kappa shape index (κ1) is 22.9. The normalized spacial score (nSPS) is 14.2. The zero-order valence-electron chi connectivity index (χ0n) is 16.9. The fraction of sp³-hybridized carbons (Fsp3) is 0.900. The van der Waals surface area contributed by atoms with Crippen molar-refractivity contribution >= 4 is 11.4 Å². The van der Waals surface area contributed by atoms with Gasteiger partial charge in [0, 0.05) is 5.41 Å². The monoisotopic (exact) mass is 340 g/mol. The van der Waals surface area contributed by atoms with Crippen molar-refractivity contribution in [2.45, 2.75) is 106 Å². The molecule has 0 saturated carbocycles. The minimum absolute atomic E-state index is 0.0304. The molecular formula is C20H40N2O2. The van der Waals surface area contributed by atoms with Gasteiger partial charge in [-0.25, -0.2) is 0 Å². The lowest BCUT2D eigenvalue weighted by molar-refractivity contribution is 0.298. The highest BCUT2D eigenvalue weighted by Crippen LogP contribution is 2.29. The van der Waals surface area contributed by atoms with Gasteiger partial charge in [-0.2, -0.15) is 0 Å². The van der Waals surface area contributed by atoms with E-state index in [1.807, 2.05) is 6.92 Å². The fourth-order valence-electron chi connectivity index (χ4n) is 3.08. The van der Waals surface area contributed by atoms with Crippen LogP contribution in [-0.4, -0.2) is 21.8 Å². The van der Waals surface area contributed by atoms with Crippen LogP contribution in [0, 0.1) is 10.8 Å². The summed E-state index contributed by atoms with van der Waals surface area (Å²) in [5, 5.41) is 24.9. The number of oxime groups is 2. The molecule has 0 aromatic carbocycles.